The summed E-state index contributed by atoms with van der Waals surface area (Å²) < 4.78 is 0. The van der Waals surface area contributed by atoms with Gasteiger partial charge in [-0.1, -0.05) is 12.1 Å². The van der Waals surface area contributed by atoms with Crippen molar-refractivity contribution in [2.24, 2.45) is 5.73 Å². The van der Waals surface area contributed by atoms with Gasteiger partial charge < -0.3 is 5.73 Å². The second kappa shape index (κ2) is 4.94. The first kappa shape index (κ1) is 12.4. The summed E-state index contributed by atoms with van der Waals surface area (Å²) in [5, 5.41) is 1.53. The van der Waals surface area contributed by atoms with Crippen LogP contribution in [0.3, 0.4) is 0 Å². The lowest BCUT2D eigenvalue weighted by Gasteiger charge is -2.24. The minimum Gasteiger partial charge on any atom is -0.374 e. The van der Waals surface area contributed by atoms with Crippen LogP contribution in [0.4, 0.5) is 5.69 Å². The van der Waals surface area contributed by atoms with E-state index >= 15 is 0 Å². The second-order valence-corrected chi connectivity index (χ2v) is 3.98. The maximum Gasteiger partial charge on any atom is 0.235 e. The minimum absolute atomic E-state index is 0.115. The zero-order valence-electron chi connectivity index (χ0n) is 9.57. The fourth-order valence-corrected chi connectivity index (χ4v) is 1.51. The monoisotopic (exact) mass is 237 g/mol. The van der Waals surface area contributed by atoms with Gasteiger partial charge in [0.05, 0.1) is 5.69 Å². The molecule has 0 spiro atoms. The zero-order chi connectivity index (χ0) is 12.3. The van der Waals surface area contributed by atoms with Gasteiger partial charge in [-0.05, 0) is 43.3 Å². The number of hydrogen-bond acceptors (Lipinski definition) is 2. The lowest BCUT2D eigenvalue weighted by Crippen LogP contribution is -2.48. The lowest BCUT2D eigenvalue weighted by molar-refractivity contribution is -0.118. The molecule has 16 heavy (non-hydrogen) atoms. The molecule has 0 aliphatic heterocycles. The van der Waals surface area contributed by atoms with E-state index < -0.39 is 0 Å². The Balaban J connectivity index is 3.16. The van der Waals surface area contributed by atoms with E-state index in [1.54, 1.807) is 0 Å². The van der Waals surface area contributed by atoms with Crippen LogP contribution >= 0.6 is 12.2 Å². The van der Waals surface area contributed by atoms with E-state index in [2.05, 4.69) is 5.43 Å². The smallest absolute Gasteiger partial charge is 0.235 e. The fourth-order valence-electron chi connectivity index (χ4n) is 1.37. The summed E-state index contributed by atoms with van der Waals surface area (Å²) in [5.74, 6) is -0.214. The zero-order valence-corrected chi connectivity index (χ0v) is 10.4. The molecule has 0 unspecified atom stereocenters. The third-order valence-corrected chi connectivity index (χ3v) is 2.49. The van der Waals surface area contributed by atoms with Crippen LogP contribution in [0.2, 0.25) is 0 Å². The highest BCUT2D eigenvalue weighted by atomic mass is 32.1. The highest BCUT2D eigenvalue weighted by molar-refractivity contribution is 7.80. The summed E-state index contributed by atoms with van der Waals surface area (Å²) in [6.45, 7) is 5.36. The van der Waals surface area contributed by atoms with Gasteiger partial charge in [0, 0.05) is 6.92 Å². The van der Waals surface area contributed by atoms with Gasteiger partial charge in [0.25, 0.3) is 0 Å². The van der Waals surface area contributed by atoms with Gasteiger partial charge in [0.15, 0.2) is 5.11 Å². The third-order valence-electron chi connectivity index (χ3n) is 2.31. The highest BCUT2D eigenvalue weighted by Crippen LogP contribution is 2.21. The number of rotatable bonds is 1. The molecular weight excluding hydrogens is 222 g/mol. The van der Waals surface area contributed by atoms with Crippen molar-refractivity contribution in [3.05, 3.63) is 29.3 Å². The van der Waals surface area contributed by atoms with Crippen LogP contribution in [0, 0.1) is 13.8 Å². The summed E-state index contributed by atoms with van der Waals surface area (Å²) in [5.41, 5.74) is 11.1. The van der Waals surface area contributed by atoms with E-state index in [0.29, 0.717) is 0 Å². The first-order chi connectivity index (χ1) is 7.43. The Morgan fingerprint density at radius 1 is 1.44 bits per heavy atom. The SMILES string of the molecule is CC(=O)NN(C(N)=S)c1cccc(C)c1C. The largest absolute Gasteiger partial charge is 0.374 e. The van der Waals surface area contributed by atoms with Crippen LogP contribution < -0.4 is 16.2 Å². The van der Waals surface area contributed by atoms with Crippen LogP contribution in [-0.2, 0) is 4.79 Å². The molecule has 5 heteroatoms. The van der Waals surface area contributed by atoms with Crippen molar-refractivity contribution in [3.8, 4) is 0 Å². The maximum atomic E-state index is 11.1. The van der Waals surface area contributed by atoms with Crippen molar-refractivity contribution >= 4 is 28.9 Å². The van der Waals surface area contributed by atoms with Gasteiger partial charge in [-0.25, -0.2) is 5.01 Å². The number of amides is 1. The molecule has 0 bridgehead atoms. The van der Waals surface area contributed by atoms with Crippen LogP contribution in [0.1, 0.15) is 18.1 Å². The van der Waals surface area contributed by atoms with Crippen molar-refractivity contribution in [3.63, 3.8) is 0 Å². The molecule has 1 amide bonds. The molecule has 3 N–H and O–H groups in total. The van der Waals surface area contributed by atoms with Crippen molar-refractivity contribution in [1.29, 1.82) is 0 Å². The van der Waals surface area contributed by atoms with Gasteiger partial charge >= 0.3 is 0 Å². The summed E-state index contributed by atoms with van der Waals surface area (Å²) in [6, 6.07) is 5.74. The molecule has 0 saturated carbocycles. The molecular formula is C11H15N3OS. The van der Waals surface area contributed by atoms with E-state index in [-0.39, 0.29) is 11.0 Å². The molecule has 0 aromatic heterocycles. The number of nitrogens with zero attached hydrogens (tertiary/aromatic N) is 1. The van der Waals surface area contributed by atoms with Crippen molar-refractivity contribution in [2.75, 3.05) is 5.01 Å². The molecule has 0 aliphatic rings. The molecule has 1 aromatic carbocycles. The van der Waals surface area contributed by atoms with Gasteiger partial charge in [0.2, 0.25) is 5.91 Å². The number of nitrogens with one attached hydrogen (secondary N) is 1. The van der Waals surface area contributed by atoms with E-state index in [1.807, 2.05) is 32.0 Å². The van der Waals surface area contributed by atoms with Crippen LogP contribution in [0.15, 0.2) is 18.2 Å². The molecule has 0 aliphatic carbocycles. The summed E-state index contributed by atoms with van der Waals surface area (Å²) in [6.07, 6.45) is 0. The summed E-state index contributed by atoms with van der Waals surface area (Å²) in [4.78, 5) is 11.1. The Morgan fingerprint density at radius 3 is 2.56 bits per heavy atom. The molecule has 1 aromatic rings. The van der Waals surface area contributed by atoms with Crippen molar-refractivity contribution in [1.82, 2.24) is 5.43 Å². The molecule has 1 rings (SSSR count). The predicted octanol–water partition coefficient (Wildman–Crippen LogP) is 1.40. The maximum absolute atomic E-state index is 11.1. The first-order valence-electron chi connectivity index (χ1n) is 4.86. The normalized spacial score (nSPS) is 9.69. The van der Waals surface area contributed by atoms with Gasteiger partial charge in [-0.2, -0.15) is 0 Å². The fraction of sp³-hybridized carbons (Fsp3) is 0.273. The van der Waals surface area contributed by atoms with Crippen LogP contribution in [-0.4, -0.2) is 11.0 Å². The number of thiocarbonyl (C=S) groups is 1. The Kier molecular flexibility index (Phi) is 3.84. The predicted molar refractivity (Wildman–Crippen MR) is 69.0 cm³/mol. The molecule has 0 fully saturated rings. The Labute approximate surface area is 100 Å². The number of benzene rings is 1. The van der Waals surface area contributed by atoms with Crippen LogP contribution in [0.25, 0.3) is 0 Å². The Hall–Kier alpha value is -1.62. The molecule has 0 radical (unpaired) electrons. The number of nitrogens with two attached hydrogens (primary N) is 1. The van der Waals surface area contributed by atoms with Crippen molar-refractivity contribution in [2.45, 2.75) is 20.8 Å². The van der Waals surface area contributed by atoms with E-state index in [9.17, 15) is 4.79 Å². The summed E-state index contributed by atoms with van der Waals surface area (Å²) >= 11 is 4.91. The summed E-state index contributed by atoms with van der Waals surface area (Å²) in [7, 11) is 0. The number of aryl methyl sites for hydroxylation is 1. The molecule has 0 atom stereocenters. The standard InChI is InChI=1S/C11H15N3OS/c1-7-5-4-6-10(8(7)2)14(11(12)16)13-9(3)15/h4-6H,1-3H3,(H2,12,16)(H,13,15). The number of carbonyl (C=O) groups excluding carboxylic acids is 1. The molecule has 86 valence electrons. The molecule has 0 saturated heterocycles. The number of hydrogen-bond donors (Lipinski definition) is 2. The number of carbonyl (C=O) groups is 1. The van der Waals surface area contributed by atoms with Crippen molar-refractivity contribution < 1.29 is 4.79 Å². The highest BCUT2D eigenvalue weighted by Gasteiger charge is 2.13. The van der Waals surface area contributed by atoms with Gasteiger partial charge in [-0.15, -0.1) is 0 Å². The van der Waals surface area contributed by atoms with E-state index in [4.69, 9.17) is 18.0 Å². The first-order valence-corrected chi connectivity index (χ1v) is 5.27. The Morgan fingerprint density at radius 2 is 2.06 bits per heavy atom. The lowest BCUT2D eigenvalue weighted by atomic mass is 10.1. The molecule has 0 heterocycles. The average Bonchev–Trinajstić information content (AvgIpc) is 2.18. The molecule has 4 nitrogen and oxygen atoms in total. The van der Waals surface area contributed by atoms with Gasteiger partial charge in [0.1, 0.15) is 0 Å². The van der Waals surface area contributed by atoms with Gasteiger partial charge in [-0.3, -0.25) is 10.2 Å². The average molecular weight is 237 g/mol. The minimum atomic E-state index is -0.214. The Bertz CT molecular complexity index is 431. The number of hydrazine groups is 1. The van der Waals surface area contributed by atoms with E-state index in [1.165, 1.54) is 11.9 Å². The second-order valence-electron chi connectivity index (χ2n) is 3.56. The number of anilines is 1. The topological polar surface area (TPSA) is 58.4 Å². The quantitative estimate of drug-likeness (QED) is 0.572. The van der Waals surface area contributed by atoms with E-state index in [0.717, 1.165) is 16.8 Å². The van der Waals surface area contributed by atoms with Crippen LogP contribution in [0.5, 0.6) is 0 Å². The third kappa shape index (κ3) is 2.70.